The normalized spacial score (nSPS) is 16.4. The van der Waals surface area contributed by atoms with Crippen LogP contribution in [0.5, 0.6) is 0 Å². The van der Waals surface area contributed by atoms with Gasteiger partial charge in [0.2, 0.25) is 0 Å². The zero-order valence-electron chi connectivity index (χ0n) is 15.4. The molecule has 1 unspecified atom stereocenters. The van der Waals surface area contributed by atoms with Crippen molar-refractivity contribution >= 4 is 5.91 Å². The Bertz CT molecular complexity index is 926. The van der Waals surface area contributed by atoms with Crippen molar-refractivity contribution in [3.63, 3.8) is 0 Å². The van der Waals surface area contributed by atoms with Crippen molar-refractivity contribution in [3.8, 4) is 11.3 Å². The average Bonchev–Trinajstić information content (AvgIpc) is 3.22. The summed E-state index contributed by atoms with van der Waals surface area (Å²) in [4.78, 5) is 15.0. The molecule has 1 atom stereocenters. The zero-order chi connectivity index (χ0) is 18.3. The zero-order valence-corrected chi connectivity index (χ0v) is 15.4. The third-order valence-electron chi connectivity index (χ3n) is 5.11. The average molecular weight is 345 g/mol. The number of hydrogen-bond acceptors (Lipinski definition) is 2. The molecule has 0 fully saturated rings. The van der Waals surface area contributed by atoms with E-state index in [0.717, 1.165) is 28.8 Å². The molecule has 1 amide bonds. The quantitative estimate of drug-likeness (QED) is 0.752. The highest BCUT2D eigenvalue weighted by Crippen LogP contribution is 2.43. The first-order valence-electron chi connectivity index (χ1n) is 9.17. The fourth-order valence-corrected chi connectivity index (χ4v) is 3.78. The van der Waals surface area contributed by atoms with Crippen LogP contribution in [-0.4, -0.2) is 27.0 Å². The van der Waals surface area contributed by atoms with Gasteiger partial charge in [-0.15, -0.1) is 0 Å². The molecule has 3 aromatic rings. The Balaban J connectivity index is 1.89. The SMILES string of the molecule is CCc1ccc(C2c3c(-c4ccccc4)n[nH]c3C(=O)N2C(C)C)cc1. The summed E-state index contributed by atoms with van der Waals surface area (Å²) >= 11 is 0. The molecule has 0 bridgehead atoms. The summed E-state index contributed by atoms with van der Waals surface area (Å²) in [5, 5.41) is 7.49. The molecule has 4 heteroatoms. The van der Waals surface area contributed by atoms with Gasteiger partial charge in [-0.05, 0) is 31.4 Å². The van der Waals surface area contributed by atoms with Gasteiger partial charge in [-0.3, -0.25) is 9.89 Å². The number of carbonyl (C=O) groups is 1. The lowest BCUT2D eigenvalue weighted by Gasteiger charge is -2.30. The predicted molar refractivity (Wildman–Crippen MR) is 103 cm³/mol. The topological polar surface area (TPSA) is 49.0 Å². The van der Waals surface area contributed by atoms with E-state index in [1.807, 2.05) is 35.2 Å². The van der Waals surface area contributed by atoms with Crippen LogP contribution in [0.2, 0.25) is 0 Å². The van der Waals surface area contributed by atoms with Crippen LogP contribution in [0.3, 0.4) is 0 Å². The summed E-state index contributed by atoms with van der Waals surface area (Å²) in [5.41, 5.74) is 5.91. The minimum absolute atomic E-state index is 0.0225. The minimum Gasteiger partial charge on any atom is -0.324 e. The number of H-pyrrole nitrogens is 1. The van der Waals surface area contributed by atoms with Crippen molar-refractivity contribution < 1.29 is 4.79 Å². The lowest BCUT2D eigenvalue weighted by molar-refractivity contribution is 0.0688. The van der Waals surface area contributed by atoms with Crippen LogP contribution >= 0.6 is 0 Å². The van der Waals surface area contributed by atoms with Gasteiger partial charge in [-0.25, -0.2) is 0 Å². The van der Waals surface area contributed by atoms with Crippen LogP contribution in [0.4, 0.5) is 0 Å². The maximum absolute atomic E-state index is 13.0. The van der Waals surface area contributed by atoms with Crippen LogP contribution in [-0.2, 0) is 6.42 Å². The van der Waals surface area contributed by atoms with Gasteiger partial charge in [0.1, 0.15) is 5.69 Å². The lowest BCUT2D eigenvalue weighted by Crippen LogP contribution is -2.35. The standard InChI is InChI=1S/C22H23N3O/c1-4-15-10-12-17(13-11-15)21-18-19(16-8-6-5-7-9-16)23-24-20(18)22(26)25(21)14(2)3/h5-14,21H,4H2,1-3H3,(H,23,24). The predicted octanol–water partition coefficient (Wildman–Crippen LogP) is 4.59. The molecule has 1 aromatic heterocycles. The molecule has 2 aromatic carbocycles. The summed E-state index contributed by atoms with van der Waals surface area (Å²) in [6.45, 7) is 6.27. The van der Waals surface area contributed by atoms with E-state index in [4.69, 9.17) is 0 Å². The molecule has 1 aliphatic rings. The van der Waals surface area contributed by atoms with E-state index in [1.165, 1.54) is 5.56 Å². The van der Waals surface area contributed by atoms with E-state index >= 15 is 0 Å². The Labute approximate surface area is 153 Å². The molecule has 2 heterocycles. The van der Waals surface area contributed by atoms with Crippen molar-refractivity contribution in [1.82, 2.24) is 15.1 Å². The van der Waals surface area contributed by atoms with Crippen molar-refractivity contribution in [1.29, 1.82) is 0 Å². The smallest absolute Gasteiger partial charge is 0.273 e. The minimum atomic E-state index is -0.114. The van der Waals surface area contributed by atoms with E-state index in [1.54, 1.807) is 0 Å². The first-order chi connectivity index (χ1) is 12.6. The molecular formula is C22H23N3O. The molecular weight excluding hydrogens is 322 g/mol. The van der Waals surface area contributed by atoms with Crippen LogP contribution < -0.4 is 0 Å². The maximum Gasteiger partial charge on any atom is 0.273 e. The number of amides is 1. The fraction of sp³-hybridized carbons (Fsp3) is 0.273. The Morgan fingerprint density at radius 3 is 2.38 bits per heavy atom. The number of aromatic amines is 1. The van der Waals surface area contributed by atoms with Gasteiger partial charge in [-0.1, -0.05) is 61.5 Å². The highest BCUT2D eigenvalue weighted by Gasteiger charge is 2.43. The lowest BCUT2D eigenvalue weighted by atomic mass is 9.95. The van der Waals surface area contributed by atoms with Crippen LogP contribution in [0.15, 0.2) is 54.6 Å². The second-order valence-electron chi connectivity index (χ2n) is 7.03. The van der Waals surface area contributed by atoms with Gasteiger partial charge in [0.15, 0.2) is 0 Å². The number of aryl methyl sites for hydroxylation is 1. The van der Waals surface area contributed by atoms with Gasteiger partial charge >= 0.3 is 0 Å². The van der Waals surface area contributed by atoms with Gasteiger partial charge < -0.3 is 4.90 Å². The molecule has 4 rings (SSSR count). The fourth-order valence-electron chi connectivity index (χ4n) is 3.78. The van der Waals surface area contributed by atoms with Crippen LogP contribution in [0.1, 0.15) is 54.0 Å². The largest absolute Gasteiger partial charge is 0.324 e. The molecule has 4 nitrogen and oxygen atoms in total. The molecule has 132 valence electrons. The second kappa shape index (κ2) is 6.45. The van der Waals surface area contributed by atoms with E-state index in [2.05, 4.69) is 55.2 Å². The number of nitrogens with zero attached hydrogens (tertiary/aromatic N) is 2. The number of carbonyl (C=O) groups excluding carboxylic acids is 1. The molecule has 1 aliphatic heterocycles. The Hall–Kier alpha value is -2.88. The van der Waals surface area contributed by atoms with Gasteiger partial charge in [-0.2, -0.15) is 5.10 Å². The van der Waals surface area contributed by atoms with Gasteiger partial charge in [0.25, 0.3) is 5.91 Å². The van der Waals surface area contributed by atoms with Gasteiger partial charge in [0, 0.05) is 17.2 Å². The third-order valence-corrected chi connectivity index (χ3v) is 5.11. The maximum atomic E-state index is 13.0. The van der Waals surface area contributed by atoms with Crippen LogP contribution in [0, 0.1) is 0 Å². The molecule has 0 aliphatic carbocycles. The van der Waals surface area contributed by atoms with E-state index < -0.39 is 0 Å². The number of fused-ring (bicyclic) bond motifs is 1. The first-order valence-corrected chi connectivity index (χ1v) is 9.17. The monoisotopic (exact) mass is 345 g/mol. The number of aromatic nitrogens is 2. The molecule has 0 saturated carbocycles. The summed E-state index contributed by atoms with van der Waals surface area (Å²) in [5.74, 6) is 0.0225. The molecule has 0 saturated heterocycles. The van der Waals surface area contributed by atoms with E-state index in [0.29, 0.717) is 5.69 Å². The third kappa shape index (κ3) is 2.53. The Morgan fingerprint density at radius 2 is 1.77 bits per heavy atom. The van der Waals surface area contributed by atoms with E-state index in [-0.39, 0.29) is 18.0 Å². The first kappa shape index (κ1) is 16.6. The Morgan fingerprint density at radius 1 is 1.08 bits per heavy atom. The molecule has 1 N–H and O–H groups in total. The van der Waals surface area contributed by atoms with E-state index in [9.17, 15) is 4.79 Å². The number of rotatable bonds is 4. The van der Waals surface area contributed by atoms with Crippen molar-refractivity contribution in [2.75, 3.05) is 0 Å². The Kier molecular flexibility index (Phi) is 4.11. The van der Waals surface area contributed by atoms with Crippen molar-refractivity contribution in [2.24, 2.45) is 0 Å². The highest BCUT2D eigenvalue weighted by atomic mass is 16.2. The summed E-state index contributed by atoms with van der Waals surface area (Å²) in [6, 6.07) is 18.6. The summed E-state index contributed by atoms with van der Waals surface area (Å²) in [6.07, 6.45) is 1.00. The highest BCUT2D eigenvalue weighted by molar-refractivity contribution is 6.00. The van der Waals surface area contributed by atoms with Crippen molar-refractivity contribution in [3.05, 3.63) is 77.0 Å². The number of hydrogen-bond donors (Lipinski definition) is 1. The van der Waals surface area contributed by atoms with Crippen LogP contribution in [0.25, 0.3) is 11.3 Å². The molecule has 26 heavy (non-hydrogen) atoms. The number of benzene rings is 2. The molecule has 0 radical (unpaired) electrons. The second-order valence-corrected chi connectivity index (χ2v) is 7.03. The molecule has 0 spiro atoms. The number of nitrogens with one attached hydrogen (secondary N) is 1. The van der Waals surface area contributed by atoms with Crippen molar-refractivity contribution in [2.45, 2.75) is 39.3 Å². The summed E-state index contributed by atoms with van der Waals surface area (Å²) < 4.78 is 0. The van der Waals surface area contributed by atoms with Gasteiger partial charge in [0.05, 0.1) is 11.7 Å². The summed E-state index contributed by atoms with van der Waals surface area (Å²) in [7, 11) is 0.